The highest BCUT2D eigenvalue weighted by atomic mass is 16.3. The van der Waals surface area contributed by atoms with Crippen molar-refractivity contribution in [2.24, 2.45) is 0 Å². The number of benzene rings is 2. The van der Waals surface area contributed by atoms with Crippen molar-refractivity contribution in [2.75, 3.05) is 5.73 Å². The summed E-state index contributed by atoms with van der Waals surface area (Å²) in [5, 5.41) is 9.46. The number of nitrogen functional groups attached to an aromatic ring is 1. The second-order valence-electron chi connectivity index (χ2n) is 5.66. The maximum Gasteiger partial charge on any atom is 0.117 e. The fourth-order valence-corrected chi connectivity index (χ4v) is 2.78. The van der Waals surface area contributed by atoms with E-state index in [2.05, 4.69) is 34.6 Å². The molecule has 20 heavy (non-hydrogen) atoms. The van der Waals surface area contributed by atoms with Crippen molar-refractivity contribution in [3.63, 3.8) is 0 Å². The number of hydrogen-bond donors (Lipinski definition) is 2. The van der Waals surface area contributed by atoms with Gasteiger partial charge in [0.05, 0.1) is 0 Å². The largest absolute Gasteiger partial charge is 0.508 e. The quantitative estimate of drug-likeness (QED) is 0.806. The van der Waals surface area contributed by atoms with E-state index in [1.54, 1.807) is 12.1 Å². The number of rotatable bonds is 2. The Morgan fingerprint density at radius 3 is 1.85 bits per heavy atom. The van der Waals surface area contributed by atoms with Crippen LogP contribution in [-0.2, 0) is 6.42 Å². The summed E-state index contributed by atoms with van der Waals surface area (Å²) in [6, 6.07) is 5.23. The van der Waals surface area contributed by atoms with Crippen molar-refractivity contribution in [2.45, 2.75) is 41.0 Å². The molecule has 2 heteroatoms. The Hall–Kier alpha value is -1.96. The molecule has 0 fully saturated rings. The number of phenols is 1. The third-order valence-electron chi connectivity index (χ3n) is 4.65. The molecule has 0 atom stereocenters. The van der Waals surface area contributed by atoms with Crippen LogP contribution in [0.4, 0.5) is 5.69 Å². The van der Waals surface area contributed by atoms with Crippen LogP contribution < -0.4 is 5.73 Å². The van der Waals surface area contributed by atoms with Gasteiger partial charge in [-0.15, -0.1) is 0 Å². The maximum absolute atomic E-state index is 9.46. The number of hydrogen-bond acceptors (Lipinski definition) is 2. The van der Waals surface area contributed by atoms with Crippen molar-refractivity contribution in [1.82, 2.24) is 0 Å². The smallest absolute Gasteiger partial charge is 0.117 e. The molecule has 0 radical (unpaired) electrons. The SMILES string of the molecule is Cc1c(C)c(C)c(Cc2ccc(O)cc2N)c(C)c1C. The van der Waals surface area contributed by atoms with Gasteiger partial charge in [0.15, 0.2) is 0 Å². The van der Waals surface area contributed by atoms with Gasteiger partial charge in [0.1, 0.15) is 5.75 Å². The molecular weight excluding hydrogens is 246 g/mol. The number of aromatic hydroxyl groups is 1. The van der Waals surface area contributed by atoms with E-state index in [1.165, 1.54) is 33.4 Å². The Labute approximate surface area is 121 Å². The number of nitrogens with two attached hydrogens (primary N) is 1. The lowest BCUT2D eigenvalue weighted by atomic mass is 9.86. The molecule has 106 valence electrons. The first kappa shape index (κ1) is 14.4. The minimum absolute atomic E-state index is 0.218. The van der Waals surface area contributed by atoms with Crippen molar-refractivity contribution in [3.8, 4) is 5.75 Å². The second-order valence-corrected chi connectivity index (χ2v) is 5.66. The molecule has 0 bridgehead atoms. The molecule has 0 unspecified atom stereocenters. The number of anilines is 1. The van der Waals surface area contributed by atoms with E-state index in [1.807, 2.05) is 6.07 Å². The molecule has 0 saturated carbocycles. The summed E-state index contributed by atoms with van der Waals surface area (Å²) in [5.74, 6) is 0.218. The van der Waals surface area contributed by atoms with Gasteiger partial charge in [-0.1, -0.05) is 6.07 Å². The van der Waals surface area contributed by atoms with E-state index in [-0.39, 0.29) is 5.75 Å². The molecule has 2 nitrogen and oxygen atoms in total. The van der Waals surface area contributed by atoms with Crippen LogP contribution in [0.1, 0.15) is 38.9 Å². The molecule has 0 amide bonds. The van der Waals surface area contributed by atoms with E-state index in [9.17, 15) is 5.11 Å². The molecule has 0 aliphatic heterocycles. The van der Waals surface area contributed by atoms with Crippen LogP contribution in [0.3, 0.4) is 0 Å². The molecule has 0 heterocycles. The zero-order valence-corrected chi connectivity index (χ0v) is 13.0. The normalized spacial score (nSPS) is 10.8. The summed E-state index contributed by atoms with van der Waals surface area (Å²) in [7, 11) is 0. The van der Waals surface area contributed by atoms with E-state index in [0.29, 0.717) is 5.69 Å². The van der Waals surface area contributed by atoms with Crippen LogP contribution in [-0.4, -0.2) is 5.11 Å². The van der Waals surface area contributed by atoms with Gasteiger partial charge in [0, 0.05) is 18.2 Å². The molecule has 0 aromatic heterocycles. The number of phenolic OH excluding ortho intramolecular Hbond substituents is 1. The van der Waals surface area contributed by atoms with Gasteiger partial charge in [-0.25, -0.2) is 0 Å². The summed E-state index contributed by atoms with van der Waals surface area (Å²) >= 11 is 0. The van der Waals surface area contributed by atoms with Gasteiger partial charge < -0.3 is 10.8 Å². The zero-order valence-electron chi connectivity index (χ0n) is 13.0. The van der Waals surface area contributed by atoms with Crippen molar-refractivity contribution >= 4 is 5.69 Å². The zero-order chi connectivity index (χ0) is 15.0. The third-order valence-corrected chi connectivity index (χ3v) is 4.65. The topological polar surface area (TPSA) is 46.2 Å². The fraction of sp³-hybridized carbons (Fsp3) is 0.333. The van der Waals surface area contributed by atoms with Gasteiger partial charge in [-0.05, 0) is 79.6 Å². The Morgan fingerprint density at radius 1 is 0.850 bits per heavy atom. The summed E-state index contributed by atoms with van der Waals surface area (Å²) in [6.45, 7) is 10.9. The predicted molar refractivity (Wildman–Crippen MR) is 85.5 cm³/mol. The van der Waals surface area contributed by atoms with Crippen LogP contribution in [0.2, 0.25) is 0 Å². The summed E-state index contributed by atoms with van der Waals surface area (Å²) in [5.41, 5.74) is 15.9. The molecule has 2 rings (SSSR count). The molecule has 0 spiro atoms. The first-order valence-corrected chi connectivity index (χ1v) is 6.96. The highest BCUT2D eigenvalue weighted by molar-refractivity contribution is 5.56. The molecule has 2 aromatic carbocycles. The Balaban J connectivity index is 2.54. The standard InChI is InChI=1S/C18H23NO/c1-10-11(2)13(4)17(14(5)12(10)3)8-15-6-7-16(20)9-18(15)19/h6-7,9,20H,8,19H2,1-5H3. The fourth-order valence-electron chi connectivity index (χ4n) is 2.78. The molecule has 0 saturated heterocycles. The van der Waals surface area contributed by atoms with Crippen LogP contribution in [0.5, 0.6) is 5.75 Å². The minimum atomic E-state index is 0.218. The van der Waals surface area contributed by atoms with Crippen LogP contribution in [0.15, 0.2) is 18.2 Å². The summed E-state index contributed by atoms with van der Waals surface area (Å²) in [6.07, 6.45) is 0.811. The van der Waals surface area contributed by atoms with Crippen molar-refractivity contribution < 1.29 is 5.11 Å². The first-order valence-electron chi connectivity index (χ1n) is 6.96. The van der Waals surface area contributed by atoms with E-state index in [4.69, 9.17) is 5.73 Å². The summed E-state index contributed by atoms with van der Waals surface area (Å²) < 4.78 is 0. The third kappa shape index (κ3) is 2.38. The van der Waals surface area contributed by atoms with Gasteiger partial charge >= 0.3 is 0 Å². The van der Waals surface area contributed by atoms with Crippen LogP contribution in [0, 0.1) is 34.6 Å². The molecular formula is C18H23NO. The van der Waals surface area contributed by atoms with Crippen molar-refractivity contribution in [3.05, 3.63) is 57.1 Å². The molecule has 3 N–H and O–H groups in total. The minimum Gasteiger partial charge on any atom is -0.508 e. The summed E-state index contributed by atoms with van der Waals surface area (Å²) in [4.78, 5) is 0. The van der Waals surface area contributed by atoms with Gasteiger partial charge in [-0.3, -0.25) is 0 Å². The van der Waals surface area contributed by atoms with Gasteiger partial charge in [-0.2, -0.15) is 0 Å². The lowest BCUT2D eigenvalue weighted by Crippen LogP contribution is -2.05. The van der Waals surface area contributed by atoms with Crippen LogP contribution >= 0.6 is 0 Å². The highest BCUT2D eigenvalue weighted by Gasteiger charge is 2.13. The first-order chi connectivity index (χ1) is 9.32. The predicted octanol–water partition coefficient (Wildman–Crippen LogP) is 4.11. The van der Waals surface area contributed by atoms with E-state index < -0.39 is 0 Å². The monoisotopic (exact) mass is 269 g/mol. The molecule has 2 aromatic rings. The Kier molecular flexibility index (Phi) is 3.76. The van der Waals surface area contributed by atoms with E-state index >= 15 is 0 Å². The Bertz CT molecular complexity index is 643. The molecule has 0 aliphatic rings. The average Bonchev–Trinajstić information content (AvgIpc) is 2.41. The Morgan fingerprint density at radius 2 is 1.35 bits per heavy atom. The van der Waals surface area contributed by atoms with Gasteiger partial charge in [0.25, 0.3) is 0 Å². The average molecular weight is 269 g/mol. The highest BCUT2D eigenvalue weighted by Crippen LogP contribution is 2.30. The lowest BCUT2D eigenvalue weighted by molar-refractivity contribution is 0.475. The van der Waals surface area contributed by atoms with E-state index in [0.717, 1.165) is 12.0 Å². The second kappa shape index (κ2) is 5.20. The van der Waals surface area contributed by atoms with Gasteiger partial charge in [0.2, 0.25) is 0 Å². The lowest BCUT2D eigenvalue weighted by Gasteiger charge is -2.19. The molecule has 0 aliphatic carbocycles. The van der Waals surface area contributed by atoms with Crippen LogP contribution in [0.25, 0.3) is 0 Å². The van der Waals surface area contributed by atoms with Crippen molar-refractivity contribution in [1.29, 1.82) is 0 Å². The maximum atomic E-state index is 9.46.